The summed E-state index contributed by atoms with van der Waals surface area (Å²) in [5.74, 6) is -1.25. The smallest absolute Gasteiger partial charge is 0.413 e. The number of carbonyl (C=O) groups is 3. The molecule has 3 rings (SSSR count). The van der Waals surface area contributed by atoms with Gasteiger partial charge in [-0.05, 0) is 75.8 Å². The second-order valence-electron chi connectivity index (χ2n) is 9.68. The van der Waals surface area contributed by atoms with Gasteiger partial charge in [0.05, 0.1) is 17.9 Å². The molecule has 2 N–H and O–H groups in total. The van der Waals surface area contributed by atoms with Crippen molar-refractivity contribution in [3.05, 3.63) is 53.5 Å². The maximum atomic E-state index is 13.4. The number of piperidine rings is 1. The first-order valence-electron chi connectivity index (χ1n) is 11.3. The first kappa shape index (κ1) is 25.1. The summed E-state index contributed by atoms with van der Waals surface area (Å²) in [4.78, 5) is 43.6. The van der Waals surface area contributed by atoms with Crippen molar-refractivity contribution in [1.29, 1.82) is 0 Å². The molecule has 3 amide bonds. The fourth-order valence-electron chi connectivity index (χ4n) is 3.90. The van der Waals surface area contributed by atoms with Gasteiger partial charge in [-0.3, -0.25) is 14.9 Å². The molecule has 1 aromatic heterocycles. The van der Waals surface area contributed by atoms with Gasteiger partial charge in [0.15, 0.2) is 0 Å². The van der Waals surface area contributed by atoms with Crippen LogP contribution in [0.15, 0.2) is 36.5 Å². The van der Waals surface area contributed by atoms with Gasteiger partial charge in [-0.15, -0.1) is 0 Å². The van der Waals surface area contributed by atoms with Gasteiger partial charge in [0.2, 0.25) is 0 Å². The van der Waals surface area contributed by atoms with Crippen LogP contribution < -0.4 is 10.6 Å². The normalized spacial score (nSPS) is 18.2. The van der Waals surface area contributed by atoms with E-state index in [4.69, 9.17) is 4.74 Å². The van der Waals surface area contributed by atoms with Gasteiger partial charge in [0.25, 0.3) is 0 Å². The van der Waals surface area contributed by atoms with E-state index in [0.29, 0.717) is 30.0 Å². The zero-order chi connectivity index (χ0) is 25.0. The SMILES string of the molecule is Cc1cc(NC(=O)C(=O)N2C[C@H](C)CC[C@H]2c2ccc(F)cc2)cnc1NC(=O)OC(C)(C)C. The summed E-state index contributed by atoms with van der Waals surface area (Å²) >= 11 is 0. The average Bonchev–Trinajstić information content (AvgIpc) is 2.74. The van der Waals surface area contributed by atoms with Crippen molar-refractivity contribution in [3.63, 3.8) is 0 Å². The maximum Gasteiger partial charge on any atom is 0.413 e. The Kier molecular flexibility index (Phi) is 7.54. The number of benzene rings is 1. The summed E-state index contributed by atoms with van der Waals surface area (Å²) in [5, 5.41) is 5.17. The minimum atomic E-state index is -0.782. The maximum absolute atomic E-state index is 13.4. The number of hydrogen-bond acceptors (Lipinski definition) is 5. The van der Waals surface area contributed by atoms with Crippen LogP contribution >= 0.6 is 0 Å². The molecule has 0 radical (unpaired) electrons. The number of hydrogen-bond donors (Lipinski definition) is 2. The van der Waals surface area contributed by atoms with Gasteiger partial charge in [-0.2, -0.15) is 0 Å². The second-order valence-corrected chi connectivity index (χ2v) is 9.68. The number of halogens is 1. The van der Waals surface area contributed by atoms with Crippen LogP contribution in [0, 0.1) is 18.7 Å². The van der Waals surface area contributed by atoms with Crippen LogP contribution in [-0.4, -0.2) is 39.9 Å². The van der Waals surface area contributed by atoms with Crippen LogP contribution in [0.2, 0.25) is 0 Å². The minimum Gasteiger partial charge on any atom is -0.444 e. The van der Waals surface area contributed by atoms with Crippen LogP contribution in [0.3, 0.4) is 0 Å². The first-order chi connectivity index (χ1) is 15.9. The Morgan fingerprint density at radius 1 is 1.12 bits per heavy atom. The molecule has 1 aliphatic rings. The molecule has 1 saturated heterocycles. The molecule has 0 saturated carbocycles. The van der Waals surface area contributed by atoms with E-state index in [2.05, 4.69) is 15.6 Å². The lowest BCUT2D eigenvalue weighted by Crippen LogP contribution is -2.46. The van der Waals surface area contributed by atoms with E-state index in [0.717, 1.165) is 12.0 Å². The quantitative estimate of drug-likeness (QED) is 0.627. The molecule has 2 atom stereocenters. The molecule has 0 bridgehead atoms. The topological polar surface area (TPSA) is 101 Å². The van der Waals surface area contributed by atoms with Crippen molar-refractivity contribution in [1.82, 2.24) is 9.88 Å². The summed E-state index contributed by atoms with van der Waals surface area (Å²) in [6.45, 7) is 9.45. The second kappa shape index (κ2) is 10.2. The van der Waals surface area contributed by atoms with Gasteiger partial charge >= 0.3 is 17.9 Å². The average molecular weight is 471 g/mol. The molecule has 0 unspecified atom stereocenters. The Morgan fingerprint density at radius 2 is 1.79 bits per heavy atom. The summed E-state index contributed by atoms with van der Waals surface area (Å²) < 4.78 is 18.6. The van der Waals surface area contributed by atoms with Gasteiger partial charge in [-0.25, -0.2) is 14.2 Å². The predicted molar refractivity (Wildman–Crippen MR) is 127 cm³/mol. The molecule has 0 aliphatic carbocycles. The zero-order valence-corrected chi connectivity index (χ0v) is 20.1. The van der Waals surface area contributed by atoms with Crippen LogP contribution in [0.1, 0.15) is 57.7 Å². The molecule has 1 aromatic carbocycles. The van der Waals surface area contributed by atoms with E-state index in [9.17, 15) is 18.8 Å². The number of pyridine rings is 1. The fraction of sp³-hybridized carbons (Fsp3) is 0.440. The molecular weight excluding hydrogens is 439 g/mol. The van der Waals surface area contributed by atoms with Crippen molar-refractivity contribution in [2.45, 2.75) is 59.1 Å². The molecule has 1 aliphatic heterocycles. The van der Waals surface area contributed by atoms with Crippen molar-refractivity contribution in [2.24, 2.45) is 5.92 Å². The van der Waals surface area contributed by atoms with Crippen LogP contribution in [0.5, 0.6) is 0 Å². The van der Waals surface area contributed by atoms with Crippen molar-refractivity contribution in [3.8, 4) is 0 Å². The molecule has 0 spiro atoms. The number of likely N-dealkylation sites (tertiary alicyclic amines) is 1. The van der Waals surface area contributed by atoms with Crippen LogP contribution in [0.25, 0.3) is 0 Å². The standard InChI is InChI=1S/C25H31FN4O4/c1-15-6-11-20(17-7-9-18(26)10-8-17)30(14-15)23(32)22(31)28-19-12-16(2)21(27-13-19)29-24(33)34-25(3,4)5/h7-10,12-13,15,20H,6,11,14H2,1-5H3,(H,28,31)(H,27,29,33)/t15-,20+/m1/s1. The highest BCUT2D eigenvalue weighted by molar-refractivity contribution is 6.39. The van der Waals surface area contributed by atoms with Crippen molar-refractivity contribution in [2.75, 3.05) is 17.2 Å². The summed E-state index contributed by atoms with van der Waals surface area (Å²) in [6, 6.07) is 7.33. The van der Waals surface area contributed by atoms with Crippen LogP contribution in [0.4, 0.5) is 20.7 Å². The Labute approximate surface area is 198 Å². The number of anilines is 2. The number of ether oxygens (including phenoxy) is 1. The number of nitrogens with one attached hydrogen (secondary N) is 2. The van der Waals surface area contributed by atoms with Crippen molar-refractivity contribution >= 4 is 29.4 Å². The minimum absolute atomic E-state index is 0.246. The molecule has 8 nitrogen and oxygen atoms in total. The van der Waals surface area contributed by atoms with Gasteiger partial charge in [0, 0.05) is 6.54 Å². The van der Waals surface area contributed by atoms with Gasteiger partial charge in [0.1, 0.15) is 17.2 Å². The Balaban J connectivity index is 1.70. The Morgan fingerprint density at radius 3 is 2.41 bits per heavy atom. The number of aromatic nitrogens is 1. The lowest BCUT2D eigenvalue weighted by atomic mass is 9.90. The fourth-order valence-corrected chi connectivity index (χ4v) is 3.90. The summed E-state index contributed by atoms with van der Waals surface area (Å²) in [5.41, 5.74) is 1.06. The summed E-state index contributed by atoms with van der Waals surface area (Å²) in [7, 11) is 0. The third-order valence-electron chi connectivity index (χ3n) is 5.48. The largest absolute Gasteiger partial charge is 0.444 e. The molecule has 2 aromatic rings. The highest BCUT2D eigenvalue weighted by Crippen LogP contribution is 2.33. The Hall–Kier alpha value is -3.49. The first-order valence-corrected chi connectivity index (χ1v) is 11.3. The number of rotatable bonds is 3. The third kappa shape index (κ3) is 6.52. The van der Waals surface area contributed by atoms with Gasteiger partial charge in [-0.1, -0.05) is 19.1 Å². The highest BCUT2D eigenvalue weighted by Gasteiger charge is 2.34. The Bertz CT molecular complexity index is 1070. The van der Waals surface area contributed by atoms with E-state index < -0.39 is 23.5 Å². The molecule has 1 fully saturated rings. The monoisotopic (exact) mass is 470 g/mol. The lowest BCUT2D eigenvalue weighted by Gasteiger charge is -2.38. The van der Waals surface area contributed by atoms with E-state index in [1.165, 1.54) is 18.3 Å². The van der Waals surface area contributed by atoms with E-state index in [1.54, 1.807) is 50.8 Å². The molecule has 2 heterocycles. The molecule has 34 heavy (non-hydrogen) atoms. The number of nitrogens with zero attached hydrogens (tertiary/aromatic N) is 2. The number of aryl methyl sites for hydroxylation is 1. The third-order valence-corrected chi connectivity index (χ3v) is 5.48. The highest BCUT2D eigenvalue weighted by atomic mass is 19.1. The summed E-state index contributed by atoms with van der Waals surface area (Å²) in [6.07, 6.45) is 2.32. The van der Waals surface area contributed by atoms with E-state index >= 15 is 0 Å². The zero-order valence-electron chi connectivity index (χ0n) is 20.1. The number of amides is 3. The number of carbonyl (C=O) groups excluding carboxylic acids is 3. The van der Waals surface area contributed by atoms with Crippen molar-refractivity contribution < 1.29 is 23.5 Å². The van der Waals surface area contributed by atoms with Crippen LogP contribution in [-0.2, 0) is 14.3 Å². The van der Waals surface area contributed by atoms with E-state index in [1.807, 2.05) is 6.92 Å². The molecule has 9 heteroatoms. The molecular formula is C25H31FN4O4. The molecule has 182 valence electrons. The predicted octanol–water partition coefficient (Wildman–Crippen LogP) is 4.81. The van der Waals surface area contributed by atoms with Gasteiger partial charge < -0.3 is 15.0 Å². The van der Waals surface area contributed by atoms with E-state index in [-0.39, 0.29) is 17.8 Å². The lowest BCUT2D eigenvalue weighted by molar-refractivity contribution is -0.146.